The highest BCUT2D eigenvalue weighted by Crippen LogP contribution is 2.27. The van der Waals surface area contributed by atoms with E-state index in [1.54, 1.807) is 24.4 Å². The standard InChI is InChI=1S/C12H15N3O2S2/c1-15(10-3-2-8-14-9-10)19(16,17)12-5-4-11(18-12)6-7-13/h2-5,8-9H,6-7,13H2,1H3. The van der Waals surface area contributed by atoms with Crippen LogP contribution in [0.5, 0.6) is 0 Å². The van der Waals surface area contributed by atoms with Gasteiger partial charge in [-0.2, -0.15) is 0 Å². The molecule has 0 aliphatic heterocycles. The van der Waals surface area contributed by atoms with Gasteiger partial charge in [0.05, 0.1) is 11.9 Å². The number of pyridine rings is 1. The average Bonchev–Trinajstić information content (AvgIpc) is 2.89. The van der Waals surface area contributed by atoms with E-state index in [4.69, 9.17) is 5.73 Å². The van der Waals surface area contributed by atoms with Crippen LogP contribution in [0.1, 0.15) is 4.88 Å². The van der Waals surface area contributed by atoms with E-state index in [-0.39, 0.29) is 0 Å². The van der Waals surface area contributed by atoms with Gasteiger partial charge in [0.15, 0.2) is 0 Å². The van der Waals surface area contributed by atoms with Crippen molar-refractivity contribution in [3.8, 4) is 0 Å². The highest BCUT2D eigenvalue weighted by Gasteiger charge is 2.23. The smallest absolute Gasteiger partial charge is 0.273 e. The topological polar surface area (TPSA) is 76.3 Å². The molecule has 0 spiro atoms. The van der Waals surface area contributed by atoms with Crippen molar-refractivity contribution in [1.82, 2.24) is 4.98 Å². The fourth-order valence-electron chi connectivity index (χ4n) is 1.59. The summed E-state index contributed by atoms with van der Waals surface area (Å²) >= 11 is 1.26. The Bertz CT molecular complexity index is 638. The second-order valence-corrected chi connectivity index (χ2v) is 7.31. The summed E-state index contributed by atoms with van der Waals surface area (Å²) in [7, 11) is -2.00. The third-order valence-corrected chi connectivity index (χ3v) is 6.05. The summed E-state index contributed by atoms with van der Waals surface area (Å²) in [5.41, 5.74) is 6.01. The number of sulfonamides is 1. The Balaban J connectivity index is 2.31. The second kappa shape index (κ2) is 5.68. The summed E-state index contributed by atoms with van der Waals surface area (Å²) < 4.78 is 26.4. The van der Waals surface area contributed by atoms with E-state index >= 15 is 0 Å². The van der Waals surface area contributed by atoms with E-state index in [0.29, 0.717) is 22.9 Å². The van der Waals surface area contributed by atoms with Crippen molar-refractivity contribution in [2.24, 2.45) is 5.73 Å². The van der Waals surface area contributed by atoms with Crippen molar-refractivity contribution in [3.05, 3.63) is 41.5 Å². The summed E-state index contributed by atoms with van der Waals surface area (Å²) in [6.07, 6.45) is 3.82. The van der Waals surface area contributed by atoms with Gasteiger partial charge in [0.25, 0.3) is 10.0 Å². The molecule has 2 rings (SSSR count). The lowest BCUT2D eigenvalue weighted by Crippen LogP contribution is -2.25. The van der Waals surface area contributed by atoms with Gasteiger partial charge in [0.2, 0.25) is 0 Å². The molecule has 102 valence electrons. The van der Waals surface area contributed by atoms with E-state index in [1.165, 1.54) is 28.9 Å². The lowest BCUT2D eigenvalue weighted by Gasteiger charge is -2.17. The monoisotopic (exact) mass is 297 g/mol. The van der Waals surface area contributed by atoms with E-state index in [1.807, 2.05) is 6.07 Å². The molecule has 0 fully saturated rings. The molecule has 0 aliphatic rings. The SMILES string of the molecule is CN(c1cccnc1)S(=O)(=O)c1ccc(CCN)s1. The van der Waals surface area contributed by atoms with Crippen molar-refractivity contribution in [2.45, 2.75) is 10.6 Å². The van der Waals surface area contributed by atoms with Crippen LogP contribution in [0.4, 0.5) is 5.69 Å². The van der Waals surface area contributed by atoms with Gasteiger partial charge in [-0.1, -0.05) is 0 Å². The number of aromatic nitrogens is 1. The van der Waals surface area contributed by atoms with Gasteiger partial charge < -0.3 is 5.73 Å². The molecule has 19 heavy (non-hydrogen) atoms. The maximum Gasteiger partial charge on any atom is 0.273 e. The Morgan fingerprint density at radius 2 is 2.16 bits per heavy atom. The Morgan fingerprint density at radius 1 is 1.37 bits per heavy atom. The van der Waals surface area contributed by atoms with E-state index in [2.05, 4.69) is 4.98 Å². The molecule has 0 atom stereocenters. The van der Waals surface area contributed by atoms with Gasteiger partial charge in [-0.15, -0.1) is 11.3 Å². The number of thiophene rings is 1. The summed E-state index contributed by atoms with van der Waals surface area (Å²) in [5.74, 6) is 0. The minimum Gasteiger partial charge on any atom is -0.330 e. The number of nitrogens with two attached hydrogens (primary N) is 1. The lowest BCUT2D eigenvalue weighted by atomic mass is 10.3. The minimum atomic E-state index is -3.52. The molecule has 0 aromatic carbocycles. The first-order chi connectivity index (χ1) is 9.05. The predicted octanol–water partition coefficient (Wildman–Crippen LogP) is 1.47. The number of rotatable bonds is 5. The predicted molar refractivity (Wildman–Crippen MR) is 76.9 cm³/mol. The van der Waals surface area contributed by atoms with Crippen LogP contribution in [0, 0.1) is 0 Å². The van der Waals surface area contributed by atoms with Crippen molar-refractivity contribution in [3.63, 3.8) is 0 Å². The van der Waals surface area contributed by atoms with Crippen molar-refractivity contribution in [2.75, 3.05) is 17.9 Å². The zero-order valence-corrected chi connectivity index (χ0v) is 12.1. The fourth-order valence-corrected chi connectivity index (χ4v) is 4.31. The summed E-state index contributed by atoms with van der Waals surface area (Å²) in [5, 5.41) is 0. The molecule has 2 heterocycles. The molecular formula is C12H15N3O2S2. The third-order valence-electron chi connectivity index (χ3n) is 2.65. The van der Waals surface area contributed by atoms with Crippen LogP contribution in [0.15, 0.2) is 40.9 Å². The minimum absolute atomic E-state index is 0.322. The van der Waals surface area contributed by atoms with E-state index in [9.17, 15) is 8.42 Å². The Morgan fingerprint density at radius 3 is 2.79 bits per heavy atom. The molecule has 0 aliphatic carbocycles. The van der Waals surface area contributed by atoms with Gasteiger partial charge in [-0.3, -0.25) is 9.29 Å². The molecule has 0 bridgehead atoms. The number of anilines is 1. The molecule has 2 N–H and O–H groups in total. The Kier molecular flexibility index (Phi) is 4.18. The molecule has 0 saturated heterocycles. The lowest BCUT2D eigenvalue weighted by molar-refractivity contribution is 0.596. The molecule has 0 radical (unpaired) electrons. The van der Waals surface area contributed by atoms with Crippen LogP contribution in [0.2, 0.25) is 0 Å². The van der Waals surface area contributed by atoms with Gasteiger partial charge in [0, 0.05) is 18.1 Å². The fraction of sp³-hybridized carbons (Fsp3) is 0.250. The van der Waals surface area contributed by atoms with Crippen LogP contribution >= 0.6 is 11.3 Å². The molecular weight excluding hydrogens is 282 g/mol. The first kappa shape index (κ1) is 14.0. The first-order valence-electron chi connectivity index (χ1n) is 5.73. The summed E-state index contributed by atoms with van der Waals surface area (Å²) in [6, 6.07) is 6.84. The highest BCUT2D eigenvalue weighted by molar-refractivity contribution is 7.94. The summed E-state index contributed by atoms with van der Waals surface area (Å²) in [6.45, 7) is 0.512. The molecule has 5 nitrogen and oxygen atoms in total. The second-order valence-electron chi connectivity index (χ2n) is 3.94. The average molecular weight is 297 g/mol. The number of hydrogen-bond acceptors (Lipinski definition) is 5. The largest absolute Gasteiger partial charge is 0.330 e. The molecule has 0 amide bonds. The molecule has 2 aromatic heterocycles. The van der Waals surface area contributed by atoms with E-state index in [0.717, 1.165) is 4.88 Å². The Labute approximate surface area is 116 Å². The zero-order valence-electron chi connectivity index (χ0n) is 10.5. The van der Waals surface area contributed by atoms with Gasteiger partial charge in [0.1, 0.15) is 4.21 Å². The maximum atomic E-state index is 12.4. The molecule has 0 unspecified atom stereocenters. The maximum absolute atomic E-state index is 12.4. The van der Waals surface area contributed by atoms with Crippen LogP contribution in [-0.2, 0) is 16.4 Å². The van der Waals surface area contributed by atoms with E-state index < -0.39 is 10.0 Å². The van der Waals surface area contributed by atoms with Crippen LogP contribution < -0.4 is 10.0 Å². The summed E-state index contributed by atoms with van der Waals surface area (Å²) in [4.78, 5) is 4.90. The van der Waals surface area contributed by atoms with Crippen LogP contribution in [-0.4, -0.2) is 27.0 Å². The first-order valence-corrected chi connectivity index (χ1v) is 7.99. The third kappa shape index (κ3) is 2.94. The number of nitrogens with zero attached hydrogens (tertiary/aromatic N) is 2. The molecule has 7 heteroatoms. The van der Waals surface area contributed by atoms with Crippen LogP contribution in [0.3, 0.4) is 0 Å². The Hall–Kier alpha value is -1.44. The van der Waals surface area contributed by atoms with Gasteiger partial charge in [-0.05, 0) is 37.2 Å². The van der Waals surface area contributed by atoms with Gasteiger partial charge >= 0.3 is 0 Å². The van der Waals surface area contributed by atoms with Crippen molar-refractivity contribution in [1.29, 1.82) is 0 Å². The molecule has 2 aromatic rings. The quantitative estimate of drug-likeness (QED) is 0.906. The highest BCUT2D eigenvalue weighted by atomic mass is 32.2. The van der Waals surface area contributed by atoms with Crippen LogP contribution in [0.25, 0.3) is 0 Å². The van der Waals surface area contributed by atoms with Crippen molar-refractivity contribution < 1.29 is 8.42 Å². The van der Waals surface area contributed by atoms with Gasteiger partial charge in [-0.25, -0.2) is 8.42 Å². The molecule has 0 saturated carbocycles. The van der Waals surface area contributed by atoms with Crippen molar-refractivity contribution >= 4 is 27.0 Å². The number of hydrogen-bond donors (Lipinski definition) is 1. The zero-order chi connectivity index (χ0) is 13.9. The normalized spacial score (nSPS) is 11.5.